The van der Waals surface area contributed by atoms with E-state index in [1.165, 1.54) is 10.9 Å². The molecule has 23 heavy (non-hydrogen) atoms. The highest BCUT2D eigenvalue weighted by atomic mass is 16.2. The SMILES string of the molecule is CN1C=CCC(C(=O)n2cc(CCN(C)C)c3ccccc32)=C1. The summed E-state index contributed by atoms with van der Waals surface area (Å²) in [6.07, 6.45) is 9.54. The summed E-state index contributed by atoms with van der Waals surface area (Å²) in [5, 5.41) is 1.17. The van der Waals surface area contributed by atoms with Gasteiger partial charge < -0.3 is 9.80 Å². The lowest BCUT2D eigenvalue weighted by atomic mass is 10.1. The van der Waals surface area contributed by atoms with Gasteiger partial charge in [-0.15, -0.1) is 0 Å². The molecule has 2 heterocycles. The zero-order valence-electron chi connectivity index (χ0n) is 14.0. The second-order valence-corrected chi connectivity index (χ2v) is 6.31. The van der Waals surface area contributed by atoms with Gasteiger partial charge >= 0.3 is 0 Å². The molecule has 4 nitrogen and oxygen atoms in total. The average Bonchev–Trinajstić information content (AvgIpc) is 2.91. The molecule has 0 saturated carbocycles. The minimum atomic E-state index is 0.0634. The highest BCUT2D eigenvalue weighted by Gasteiger charge is 2.18. The number of nitrogens with zero attached hydrogens (tertiary/aromatic N) is 3. The van der Waals surface area contributed by atoms with E-state index >= 15 is 0 Å². The Morgan fingerprint density at radius 3 is 2.78 bits per heavy atom. The van der Waals surface area contributed by atoms with Crippen LogP contribution in [0.3, 0.4) is 0 Å². The summed E-state index contributed by atoms with van der Waals surface area (Å²) >= 11 is 0. The third-order valence-corrected chi connectivity index (χ3v) is 4.15. The van der Waals surface area contributed by atoms with Crippen LogP contribution in [-0.4, -0.2) is 48.0 Å². The number of allylic oxidation sites excluding steroid dienone is 2. The summed E-state index contributed by atoms with van der Waals surface area (Å²) in [5.41, 5.74) is 3.03. The number of hydrogen-bond acceptors (Lipinski definition) is 3. The predicted molar refractivity (Wildman–Crippen MR) is 94.4 cm³/mol. The van der Waals surface area contributed by atoms with Crippen LogP contribution in [0.25, 0.3) is 10.9 Å². The highest BCUT2D eigenvalue weighted by Crippen LogP contribution is 2.24. The Morgan fingerprint density at radius 2 is 2.04 bits per heavy atom. The van der Waals surface area contributed by atoms with E-state index in [1.807, 2.05) is 54.8 Å². The van der Waals surface area contributed by atoms with Gasteiger partial charge in [-0.05, 0) is 44.8 Å². The molecule has 4 heteroatoms. The lowest BCUT2D eigenvalue weighted by Gasteiger charge is -2.16. The molecule has 2 aromatic rings. The van der Waals surface area contributed by atoms with Gasteiger partial charge in [-0.2, -0.15) is 0 Å². The summed E-state index contributed by atoms with van der Waals surface area (Å²) in [7, 11) is 6.08. The van der Waals surface area contributed by atoms with Crippen LogP contribution < -0.4 is 0 Å². The Labute approximate surface area is 137 Å². The van der Waals surface area contributed by atoms with Crippen molar-refractivity contribution in [2.45, 2.75) is 12.8 Å². The number of hydrogen-bond donors (Lipinski definition) is 0. The van der Waals surface area contributed by atoms with Crippen LogP contribution in [0.1, 0.15) is 16.8 Å². The molecule has 0 aliphatic carbocycles. The number of carbonyl (C=O) groups excluding carboxylic acids is 1. The van der Waals surface area contributed by atoms with E-state index in [0.717, 1.165) is 24.1 Å². The maximum absolute atomic E-state index is 12.9. The lowest BCUT2D eigenvalue weighted by molar-refractivity contribution is 0.0955. The van der Waals surface area contributed by atoms with Gasteiger partial charge in [-0.3, -0.25) is 9.36 Å². The number of rotatable bonds is 4. The van der Waals surface area contributed by atoms with Crippen LogP contribution in [0.5, 0.6) is 0 Å². The number of carbonyl (C=O) groups is 1. The second kappa shape index (κ2) is 6.42. The molecule has 0 atom stereocenters. The molecule has 0 unspecified atom stereocenters. The zero-order chi connectivity index (χ0) is 16.4. The fourth-order valence-corrected chi connectivity index (χ4v) is 2.95. The predicted octanol–water partition coefficient (Wildman–Crippen LogP) is 3.12. The third kappa shape index (κ3) is 3.22. The molecule has 0 radical (unpaired) electrons. The van der Waals surface area contributed by atoms with E-state index in [2.05, 4.69) is 25.1 Å². The van der Waals surface area contributed by atoms with Gasteiger partial charge in [0.1, 0.15) is 0 Å². The summed E-state index contributed by atoms with van der Waals surface area (Å²) in [6, 6.07) is 8.15. The van der Waals surface area contributed by atoms with Crippen molar-refractivity contribution in [2.75, 3.05) is 27.7 Å². The van der Waals surface area contributed by atoms with E-state index in [0.29, 0.717) is 6.42 Å². The van der Waals surface area contributed by atoms with Crippen LogP contribution >= 0.6 is 0 Å². The zero-order valence-corrected chi connectivity index (χ0v) is 14.0. The first kappa shape index (κ1) is 15.6. The molecule has 0 N–H and O–H groups in total. The third-order valence-electron chi connectivity index (χ3n) is 4.15. The maximum Gasteiger partial charge on any atom is 0.260 e. The Bertz CT molecular complexity index is 783. The normalized spacial score (nSPS) is 14.6. The van der Waals surface area contributed by atoms with Crippen molar-refractivity contribution in [1.29, 1.82) is 0 Å². The molecular formula is C19H23N3O. The summed E-state index contributed by atoms with van der Waals surface area (Å²) in [4.78, 5) is 17.0. The van der Waals surface area contributed by atoms with Crippen molar-refractivity contribution >= 4 is 16.8 Å². The first-order valence-corrected chi connectivity index (χ1v) is 7.94. The minimum Gasteiger partial charge on any atom is -0.357 e. The van der Waals surface area contributed by atoms with E-state index < -0.39 is 0 Å². The first-order chi connectivity index (χ1) is 11.1. The van der Waals surface area contributed by atoms with Crippen molar-refractivity contribution in [1.82, 2.24) is 14.4 Å². The largest absolute Gasteiger partial charge is 0.357 e. The van der Waals surface area contributed by atoms with Crippen LogP contribution in [0.4, 0.5) is 0 Å². The van der Waals surface area contributed by atoms with E-state index in [4.69, 9.17) is 0 Å². The Balaban J connectivity index is 1.99. The van der Waals surface area contributed by atoms with Crippen molar-refractivity contribution < 1.29 is 4.79 Å². The summed E-state index contributed by atoms with van der Waals surface area (Å²) in [5.74, 6) is 0.0634. The molecule has 0 amide bonds. The lowest BCUT2D eigenvalue weighted by Crippen LogP contribution is -2.17. The fraction of sp³-hybridized carbons (Fsp3) is 0.316. The number of fused-ring (bicyclic) bond motifs is 1. The molecule has 1 aromatic carbocycles. The van der Waals surface area contributed by atoms with E-state index in [1.54, 1.807) is 4.57 Å². The second-order valence-electron chi connectivity index (χ2n) is 6.31. The minimum absolute atomic E-state index is 0.0634. The van der Waals surface area contributed by atoms with Crippen molar-refractivity contribution in [3.63, 3.8) is 0 Å². The molecule has 3 rings (SSSR count). The quantitative estimate of drug-likeness (QED) is 0.869. The molecule has 120 valence electrons. The van der Waals surface area contributed by atoms with Gasteiger partial charge in [0, 0.05) is 36.9 Å². The smallest absolute Gasteiger partial charge is 0.260 e. The standard InChI is InChI=1S/C19H23N3O/c1-20(2)12-10-15-14-22(18-9-5-4-8-17(15)18)19(23)16-7-6-11-21(3)13-16/h4-6,8-9,11,13-14H,7,10,12H2,1-3H3. The molecule has 1 aromatic heterocycles. The number of para-hydroxylation sites is 1. The highest BCUT2D eigenvalue weighted by molar-refractivity contribution is 6.02. The van der Waals surface area contributed by atoms with Gasteiger partial charge in [0.15, 0.2) is 0 Å². The van der Waals surface area contributed by atoms with Crippen molar-refractivity contribution in [3.8, 4) is 0 Å². The molecule has 1 aliphatic heterocycles. The van der Waals surface area contributed by atoms with Crippen molar-refractivity contribution in [3.05, 3.63) is 60.1 Å². The van der Waals surface area contributed by atoms with Gasteiger partial charge in [-0.25, -0.2) is 0 Å². The Hall–Kier alpha value is -2.33. The van der Waals surface area contributed by atoms with Gasteiger partial charge in [-0.1, -0.05) is 24.3 Å². The van der Waals surface area contributed by atoms with Crippen LogP contribution in [0.2, 0.25) is 0 Å². The number of aromatic nitrogens is 1. The molecular weight excluding hydrogens is 286 g/mol. The molecule has 0 saturated heterocycles. The molecule has 0 spiro atoms. The van der Waals surface area contributed by atoms with E-state index in [9.17, 15) is 4.79 Å². The van der Waals surface area contributed by atoms with E-state index in [-0.39, 0.29) is 5.91 Å². The molecule has 0 fully saturated rings. The number of likely N-dealkylation sites (N-methyl/N-ethyl adjacent to an activating group) is 1. The Morgan fingerprint density at radius 1 is 1.26 bits per heavy atom. The molecule has 0 bridgehead atoms. The van der Waals surface area contributed by atoms with Gasteiger partial charge in [0.05, 0.1) is 5.52 Å². The van der Waals surface area contributed by atoms with Gasteiger partial charge in [0.2, 0.25) is 0 Å². The Kier molecular flexibility index (Phi) is 4.35. The topological polar surface area (TPSA) is 28.5 Å². The summed E-state index contributed by atoms with van der Waals surface area (Å²) in [6.45, 7) is 0.969. The average molecular weight is 309 g/mol. The van der Waals surface area contributed by atoms with Crippen molar-refractivity contribution in [2.24, 2.45) is 0 Å². The van der Waals surface area contributed by atoms with Crippen LogP contribution in [-0.2, 0) is 6.42 Å². The van der Waals surface area contributed by atoms with Gasteiger partial charge in [0.25, 0.3) is 5.91 Å². The number of benzene rings is 1. The summed E-state index contributed by atoms with van der Waals surface area (Å²) < 4.78 is 1.80. The monoisotopic (exact) mass is 309 g/mol. The van der Waals surface area contributed by atoms with Crippen LogP contribution in [0.15, 0.2) is 54.5 Å². The fourth-order valence-electron chi connectivity index (χ4n) is 2.95. The van der Waals surface area contributed by atoms with Crippen LogP contribution in [0, 0.1) is 0 Å². The molecule has 1 aliphatic rings. The maximum atomic E-state index is 12.9. The first-order valence-electron chi connectivity index (χ1n) is 7.94.